The average molecular weight is 356 g/mol. The maximum atomic E-state index is 12.4. The molecule has 0 aliphatic heterocycles. The molecular formula is C20H24N2O4. The highest BCUT2D eigenvalue weighted by Gasteiger charge is 2.18. The van der Waals surface area contributed by atoms with Crippen molar-refractivity contribution in [2.75, 3.05) is 25.6 Å². The van der Waals surface area contributed by atoms with Gasteiger partial charge in [0.25, 0.3) is 11.8 Å². The summed E-state index contributed by atoms with van der Waals surface area (Å²) in [6, 6.07) is 14.3. The fourth-order valence-electron chi connectivity index (χ4n) is 2.33. The Morgan fingerprint density at radius 3 is 2.62 bits per heavy atom. The van der Waals surface area contributed by atoms with Gasteiger partial charge in [-0.05, 0) is 43.7 Å². The van der Waals surface area contributed by atoms with E-state index in [0.29, 0.717) is 30.2 Å². The van der Waals surface area contributed by atoms with E-state index in [2.05, 4.69) is 10.6 Å². The molecule has 0 radical (unpaired) electrons. The molecule has 2 N–H and O–H groups in total. The molecule has 0 spiro atoms. The van der Waals surface area contributed by atoms with Crippen LogP contribution in [0.3, 0.4) is 0 Å². The Balaban J connectivity index is 2.03. The SMILES string of the molecule is COCCNC(=O)c1ccccc1NC(=O)[C@H](C)Oc1cccc(C)c1. The Morgan fingerprint density at radius 2 is 1.88 bits per heavy atom. The largest absolute Gasteiger partial charge is 0.481 e. The summed E-state index contributed by atoms with van der Waals surface area (Å²) in [6.07, 6.45) is -0.707. The topological polar surface area (TPSA) is 76.7 Å². The fourth-order valence-corrected chi connectivity index (χ4v) is 2.33. The second kappa shape index (κ2) is 9.58. The number of benzene rings is 2. The van der Waals surface area contributed by atoms with Crippen molar-refractivity contribution in [3.8, 4) is 5.75 Å². The van der Waals surface area contributed by atoms with Crippen molar-refractivity contribution in [1.29, 1.82) is 0 Å². The fraction of sp³-hybridized carbons (Fsp3) is 0.300. The van der Waals surface area contributed by atoms with Gasteiger partial charge in [-0.3, -0.25) is 9.59 Å². The lowest BCUT2D eigenvalue weighted by Gasteiger charge is -2.16. The number of rotatable bonds is 8. The number of amides is 2. The lowest BCUT2D eigenvalue weighted by molar-refractivity contribution is -0.122. The van der Waals surface area contributed by atoms with Crippen LogP contribution in [0.15, 0.2) is 48.5 Å². The number of carbonyl (C=O) groups is 2. The molecule has 0 bridgehead atoms. The smallest absolute Gasteiger partial charge is 0.265 e. The van der Waals surface area contributed by atoms with Crippen molar-refractivity contribution in [2.45, 2.75) is 20.0 Å². The van der Waals surface area contributed by atoms with E-state index in [1.165, 1.54) is 0 Å². The van der Waals surface area contributed by atoms with Crippen LogP contribution in [0.2, 0.25) is 0 Å². The molecule has 0 saturated carbocycles. The van der Waals surface area contributed by atoms with Gasteiger partial charge in [0.1, 0.15) is 5.75 Å². The molecule has 0 fully saturated rings. The molecule has 0 saturated heterocycles. The van der Waals surface area contributed by atoms with Crippen molar-refractivity contribution < 1.29 is 19.1 Å². The minimum absolute atomic E-state index is 0.273. The molecule has 0 aliphatic rings. The van der Waals surface area contributed by atoms with E-state index in [9.17, 15) is 9.59 Å². The Morgan fingerprint density at radius 1 is 1.12 bits per heavy atom. The van der Waals surface area contributed by atoms with Gasteiger partial charge in [-0.2, -0.15) is 0 Å². The van der Waals surface area contributed by atoms with Gasteiger partial charge in [0, 0.05) is 13.7 Å². The maximum absolute atomic E-state index is 12.4. The number of hydrogen-bond acceptors (Lipinski definition) is 4. The van der Waals surface area contributed by atoms with E-state index in [1.807, 2.05) is 25.1 Å². The number of ether oxygens (including phenoxy) is 2. The third kappa shape index (κ3) is 5.60. The van der Waals surface area contributed by atoms with E-state index < -0.39 is 6.10 Å². The van der Waals surface area contributed by atoms with Gasteiger partial charge in [0.05, 0.1) is 17.9 Å². The first-order valence-electron chi connectivity index (χ1n) is 8.41. The predicted octanol–water partition coefficient (Wildman–Crippen LogP) is 2.78. The van der Waals surface area contributed by atoms with Crippen LogP contribution in [0, 0.1) is 6.92 Å². The summed E-state index contributed by atoms with van der Waals surface area (Å²) in [7, 11) is 1.57. The van der Waals surface area contributed by atoms with Crippen LogP contribution < -0.4 is 15.4 Å². The van der Waals surface area contributed by atoms with Crippen LogP contribution in [0.5, 0.6) is 5.75 Å². The third-order valence-corrected chi connectivity index (χ3v) is 3.69. The van der Waals surface area contributed by atoms with Crippen LogP contribution in [0.1, 0.15) is 22.8 Å². The summed E-state index contributed by atoms with van der Waals surface area (Å²) >= 11 is 0. The minimum Gasteiger partial charge on any atom is -0.481 e. The number of nitrogens with one attached hydrogen (secondary N) is 2. The number of methoxy groups -OCH3 is 1. The highest BCUT2D eigenvalue weighted by molar-refractivity contribution is 6.04. The van der Waals surface area contributed by atoms with E-state index in [4.69, 9.17) is 9.47 Å². The van der Waals surface area contributed by atoms with Crippen LogP contribution in [0.4, 0.5) is 5.69 Å². The van der Waals surface area contributed by atoms with Gasteiger partial charge in [-0.1, -0.05) is 24.3 Å². The zero-order valence-electron chi connectivity index (χ0n) is 15.2. The number of aryl methyl sites for hydroxylation is 1. The standard InChI is InChI=1S/C20H24N2O4/c1-14-7-6-8-16(13-14)26-15(2)19(23)22-18-10-5-4-9-17(18)20(24)21-11-12-25-3/h4-10,13,15H,11-12H2,1-3H3,(H,21,24)(H,22,23)/t15-/m0/s1. The molecule has 2 rings (SSSR count). The van der Waals surface area contributed by atoms with Crippen LogP contribution in [-0.2, 0) is 9.53 Å². The first kappa shape index (κ1) is 19.5. The highest BCUT2D eigenvalue weighted by atomic mass is 16.5. The summed E-state index contributed by atoms with van der Waals surface area (Å²) in [5.41, 5.74) is 1.88. The summed E-state index contributed by atoms with van der Waals surface area (Å²) in [5.74, 6) is 0.0205. The molecule has 2 aromatic rings. The van der Waals surface area contributed by atoms with Gasteiger partial charge in [0.2, 0.25) is 0 Å². The normalized spacial score (nSPS) is 11.5. The number of carbonyl (C=O) groups excluding carboxylic acids is 2. The van der Waals surface area contributed by atoms with Gasteiger partial charge < -0.3 is 20.1 Å². The molecule has 1 atom stereocenters. The van der Waals surface area contributed by atoms with Gasteiger partial charge in [-0.25, -0.2) is 0 Å². The van der Waals surface area contributed by atoms with Crippen molar-refractivity contribution in [2.24, 2.45) is 0 Å². The van der Waals surface area contributed by atoms with Crippen LogP contribution >= 0.6 is 0 Å². The number of anilines is 1. The molecule has 0 unspecified atom stereocenters. The quantitative estimate of drug-likeness (QED) is 0.713. The lowest BCUT2D eigenvalue weighted by Crippen LogP contribution is -2.32. The molecule has 6 heteroatoms. The Labute approximate surface area is 153 Å². The first-order chi connectivity index (χ1) is 12.5. The van der Waals surface area contributed by atoms with E-state index in [1.54, 1.807) is 44.4 Å². The van der Waals surface area contributed by atoms with Crippen molar-refractivity contribution >= 4 is 17.5 Å². The predicted molar refractivity (Wildman–Crippen MR) is 101 cm³/mol. The number of para-hydroxylation sites is 1. The third-order valence-electron chi connectivity index (χ3n) is 3.69. The minimum atomic E-state index is -0.707. The first-order valence-corrected chi connectivity index (χ1v) is 8.41. The van der Waals surface area contributed by atoms with Gasteiger partial charge >= 0.3 is 0 Å². The monoisotopic (exact) mass is 356 g/mol. The average Bonchev–Trinajstić information content (AvgIpc) is 2.62. The Hall–Kier alpha value is -2.86. The van der Waals surface area contributed by atoms with E-state index in [-0.39, 0.29) is 11.8 Å². The van der Waals surface area contributed by atoms with E-state index >= 15 is 0 Å². The van der Waals surface area contributed by atoms with Crippen molar-refractivity contribution in [3.63, 3.8) is 0 Å². The zero-order valence-corrected chi connectivity index (χ0v) is 15.2. The maximum Gasteiger partial charge on any atom is 0.265 e. The molecule has 0 aromatic heterocycles. The van der Waals surface area contributed by atoms with Crippen LogP contribution in [0.25, 0.3) is 0 Å². The number of hydrogen-bond donors (Lipinski definition) is 2. The van der Waals surface area contributed by atoms with Crippen molar-refractivity contribution in [1.82, 2.24) is 5.32 Å². The Bertz CT molecular complexity index is 761. The highest BCUT2D eigenvalue weighted by Crippen LogP contribution is 2.17. The van der Waals surface area contributed by atoms with Gasteiger partial charge in [0.15, 0.2) is 6.10 Å². The molecule has 6 nitrogen and oxygen atoms in total. The Kier molecular flexibility index (Phi) is 7.17. The summed E-state index contributed by atoms with van der Waals surface area (Å²) in [4.78, 5) is 24.7. The molecule has 0 heterocycles. The molecule has 26 heavy (non-hydrogen) atoms. The summed E-state index contributed by atoms with van der Waals surface area (Å²) < 4.78 is 10.6. The second-order valence-corrected chi connectivity index (χ2v) is 5.86. The van der Waals surface area contributed by atoms with Crippen molar-refractivity contribution in [3.05, 3.63) is 59.7 Å². The van der Waals surface area contributed by atoms with Gasteiger partial charge in [-0.15, -0.1) is 0 Å². The van der Waals surface area contributed by atoms with Crippen LogP contribution in [-0.4, -0.2) is 38.2 Å². The molecule has 138 valence electrons. The van der Waals surface area contributed by atoms with E-state index in [0.717, 1.165) is 5.56 Å². The molecule has 2 amide bonds. The summed E-state index contributed by atoms with van der Waals surface area (Å²) in [5, 5.41) is 5.50. The summed E-state index contributed by atoms with van der Waals surface area (Å²) in [6.45, 7) is 4.43. The second-order valence-electron chi connectivity index (χ2n) is 5.86. The zero-order chi connectivity index (χ0) is 18.9. The molecular weight excluding hydrogens is 332 g/mol. The molecule has 0 aliphatic carbocycles. The lowest BCUT2D eigenvalue weighted by atomic mass is 10.1. The molecule has 2 aromatic carbocycles.